The largest absolute Gasteiger partial charge is 0.478 e. The molecule has 2 N–H and O–H groups in total. The highest BCUT2D eigenvalue weighted by atomic mass is 35.5. The fourth-order valence-corrected chi connectivity index (χ4v) is 2.49. The first-order chi connectivity index (χ1) is 11.9. The minimum Gasteiger partial charge on any atom is -0.478 e. The lowest BCUT2D eigenvalue weighted by Crippen LogP contribution is -2.14. The monoisotopic (exact) mass is 359 g/mol. The van der Waals surface area contributed by atoms with Gasteiger partial charge in [-0.05, 0) is 30.2 Å². The third-order valence-corrected chi connectivity index (χ3v) is 4.07. The predicted molar refractivity (Wildman–Crippen MR) is 96.4 cm³/mol. The van der Waals surface area contributed by atoms with Gasteiger partial charge < -0.3 is 10.4 Å². The van der Waals surface area contributed by atoms with Crippen LogP contribution in [0.1, 0.15) is 46.0 Å². The Balaban J connectivity index is 1.93. The van der Waals surface area contributed by atoms with Crippen molar-refractivity contribution in [3.05, 3.63) is 64.2 Å². The molecule has 0 atom stereocenters. The van der Waals surface area contributed by atoms with Crippen LogP contribution in [0.25, 0.3) is 0 Å². The number of hydrogen-bond acceptors (Lipinski definition) is 3. The molecule has 5 nitrogen and oxygen atoms in total. The summed E-state index contributed by atoms with van der Waals surface area (Å²) < 4.78 is 0. The number of Topliss-reactive ketones (excluding diaryl/α,β-unsaturated/α-hetero) is 1. The van der Waals surface area contributed by atoms with Crippen LogP contribution in [0.2, 0.25) is 5.02 Å². The zero-order chi connectivity index (χ0) is 18.4. The third-order valence-electron chi connectivity index (χ3n) is 3.74. The van der Waals surface area contributed by atoms with E-state index in [9.17, 15) is 14.4 Å². The molecule has 0 bridgehead atoms. The Hall–Kier alpha value is -2.66. The molecule has 2 rings (SSSR count). The van der Waals surface area contributed by atoms with Crippen LogP contribution in [0.4, 0.5) is 5.69 Å². The van der Waals surface area contributed by atoms with Gasteiger partial charge in [-0.3, -0.25) is 9.59 Å². The van der Waals surface area contributed by atoms with Crippen LogP contribution >= 0.6 is 11.6 Å². The molecule has 1 amide bonds. The number of halogens is 1. The number of anilines is 1. The maximum Gasteiger partial charge on any atom is 0.337 e. The lowest BCUT2D eigenvalue weighted by atomic mass is 10.0. The number of benzene rings is 2. The van der Waals surface area contributed by atoms with Crippen molar-refractivity contribution in [2.45, 2.75) is 26.2 Å². The van der Waals surface area contributed by atoms with Gasteiger partial charge in [0.05, 0.1) is 10.6 Å². The van der Waals surface area contributed by atoms with Gasteiger partial charge in [0.2, 0.25) is 5.91 Å². The van der Waals surface area contributed by atoms with Gasteiger partial charge in [0.1, 0.15) is 0 Å². The summed E-state index contributed by atoms with van der Waals surface area (Å²) in [6, 6.07) is 11.5. The number of carbonyl (C=O) groups is 3. The van der Waals surface area contributed by atoms with Crippen LogP contribution in [0.3, 0.4) is 0 Å². The number of rotatable bonds is 7. The van der Waals surface area contributed by atoms with Crippen LogP contribution in [0, 0.1) is 0 Å². The minimum absolute atomic E-state index is 0.0133. The first-order valence-electron chi connectivity index (χ1n) is 7.85. The van der Waals surface area contributed by atoms with Crippen LogP contribution in [-0.4, -0.2) is 22.8 Å². The standard InChI is InChI=1S/C19H18ClNO4/c1-2-12-3-5-13(6-4-12)17(22)9-10-18(23)21-14-7-8-16(20)15(11-14)19(24)25/h3-8,11H,2,9-10H2,1H3,(H,21,23)(H,24,25). The molecule has 130 valence electrons. The fourth-order valence-electron chi connectivity index (χ4n) is 2.29. The first kappa shape index (κ1) is 18.7. The molecule has 0 radical (unpaired) electrons. The maximum absolute atomic E-state index is 12.1. The molecule has 0 saturated carbocycles. The van der Waals surface area contributed by atoms with E-state index >= 15 is 0 Å². The van der Waals surface area contributed by atoms with Gasteiger partial charge in [0.25, 0.3) is 0 Å². The summed E-state index contributed by atoms with van der Waals surface area (Å²) >= 11 is 5.78. The van der Waals surface area contributed by atoms with E-state index in [1.165, 1.54) is 18.2 Å². The van der Waals surface area contributed by atoms with Crippen molar-refractivity contribution in [3.8, 4) is 0 Å². The highest BCUT2D eigenvalue weighted by molar-refractivity contribution is 6.33. The molecule has 0 heterocycles. The molecule has 6 heteroatoms. The van der Waals surface area contributed by atoms with Crippen molar-refractivity contribution >= 4 is 34.9 Å². The van der Waals surface area contributed by atoms with E-state index in [0.717, 1.165) is 12.0 Å². The second kappa shape index (κ2) is 8.44. The molecule has 25 heavy (non-hydrogen) atoms. The Morgan fingerprint density at radius 3 is 2.32 bits per heavy atom. The van der Waals surface area contributed by atoms with Gasteiger partial charge in [-0.25, -0.2) is 4.79 Å². The summed E-state index contributed by atoms with van der Waals surface area (Å²) in [5.41, 5.74) is 1.95. The van der Waals surface area contributed by atoms with E-state index in [2.05, 4.69) is 5.32 Å². The number of aryl methyl sites for hydroxylation is 1. The normalized spacial score (nSPS) is 10.3. The second-order valence-electron chi connectivity index (χ2n) is 5.52. The molecular weight excluding hydrogens is 342 g/mol. The zero-order valence-electron chi connectivity index (χ0n) is 13.7. The number of nitrogens with one attached hydrogen (secondary N) is 1. The molecule has 2 aromatic rings. The Kier molecular flexibility index (Phi) is 6.31. The third kappa shape index (κ3) is 5.16. The van der Waals surface area contributed by atoms with E-state index in [1.807, 2.05) is 19.1 Å². The van der Waals surface area contributed by atoms with Crippen LogP contribution < -0.4 is 5.32 Å². The molecule has 0 fully saturated rings. The summed E-state index contributed by atoms with van der Waals surface area (Å²) in [5, 5.41) is 11.7. The first-order valence-corrected chi connectivity index (χ1v) is 8.23. The number of carbonyl (C=O) groups excluding carboxylic acids is 2. The molecule has 0 saturated heterocycles. The molecule has 0 unspecified atom stereocenters. The van der Waals surface area contributed by atoms with Crippen molar-refractivity contribution in [2.24, 2.45) is 0 Å². The summed E-state index contributed by atoms with van der Waals surface area (Å²) in [5.74, 6) is -1.65. The minimum atomic E-state index is -1.17. The van der Waals surface area contributed by atoms with E-state index in [4.69, 9.17) is 16.7 Å². The number of ketones is 1. The average Bonchev–Trinajstić information content (AvgIpc) is 2.61. The maximum atomic E-state index is 12.1. The van der Waals surface area contributed by atoms with Gasteiger partial charge in [0.15, 0.2) is 5.78 Å². The summed E-state index contributed by atoms with van der Waals surface area (Å²) in [6.07, 6.45) is 0.992. The highest BCUT2D eigenvalue weighted by Crippen LogP contribution is 2.21. The number of aromatic carboxylic acids is 1. The van der Waals surface area contributed by atoms with E-state index < -0.39 is 5.97 Å². The van der Waals surface area contributed by atoms with Crippen LogP contribution in [-0.2, 0) is 11.2 Å². The number of carboxylic acid groups (broad SMARTS) is 1. The smallest absolute Gasteiger partial charge is 0.337 e. The molecule has 0 aromatic heterocycles. The van der Waals surface area contributed by atoms with Crippen molar-refractivity contribution in [1.29, 1.82) is 0 Å². The van der Waals surface area contributed by atoms with Crippen molar-refractivity contribution in [1.82, 2.24) is 0 Å². The lowest BCUT2D eigenvalue weighted by molar-refractivity contribution is -0.116. The number of carboxylic acids is 1. The fraction of sp³-hybridized carbons (Fsp3) is 0.211. The Labute approximate surface area is 150 Å². The van der Waals surface area contributed by atoms with Crippen LogP contribution in [0.5, 0.6) is 0 Å². The molecule has 2 aromatic carbocycles. The predicted octanol–water partition coefficient (Wildman–Crippen LogP) is 4.20. The van der Waals surface area contributed by atoms with Gasteiger partial charge in [-0.1, -0.05) is 42.8 Å². The van der Waals surface area contributed by atoms with Crippen LogP contribution in [0.15, 0.2) is 42.5 Å². The van der Waals surface area contributed by atoms with Gasteiger partial charge in [-0.2, -0.15) is 0 Å². The second-order valence-corrected chi connectivity index (χ2v) is 5.93. The zero-order valence-corrected chi connectivity index (χ0v) is 14.5. The highest BCUT2D eigenvalue weighted by Gasteiger charge is 2.12. The van der Waals surface area contributed by atoms with Gasteiger partial charge in [0, 0.05) is 24.1 Å². The summed E-state index contributed by atoms with van der Waals surface area (Å²) in [7, 11) is 0. The Bertz CT molecular complexity index is 800. The molecule has 0 aliphatic rings. The lowest BCUT2D eigenvalue weighted by Gasteiger charge is -2.07. The van der Waals surface area contributed by atoms with E-state index in [-0.39, 0.29) is 35.1 Å². The van der Waals surface area contributed by atoms with Crippen molar-refractivity contribution < 1.29 is 19.5 Å². The average molecular weight is 360 g/mol. The topological polar surface area (TPSA) is 83.5 Å². The SMILES string of the molecule is CCc1ccc(C(=O)CCC(=O)Nc2ccc(Cl)c(C(=O)O)c2)cc1. The van der Waals surface area contributed by atoms with E-state index in [1.54, 1.807) is 12.1 Å². The Morgan fingerprint density at radius 2 is 1.72 bits per heavy atom. The quantitative estimate of drug-likeness (QED) is 0.725. The van der Waals surface area contributed by atoms with Crippen molar-refractivity contribution in [2.75, 3.05) is 5.32 Å². The number of hydrogen-bond donors (Lipinski definition) is 2. The molecule has 0 aliphatic carbocycles. The molecule has 0 aliphatic heterocycles. The van der Waals surface area contributed by atoms with Gasteiger partial charge in [-0.15, -0.1) is 0 Å². The van der Waals surface area contributed by atoms with Crippen molar-refractivity contribution in [3.63, 3.8) is 0 Å². The number of amides is 1. The molecule has 0 spiro atoms. The summed E-state index contributed by atoms with van der Waals surface area (Å²) in [6.45, 7) is 2.04. The molecular formula is C19H18ClNO4. The van der Waals surface area contributed by atoms with E-state index in [0.29, 0.717) is 11.3 Å². The van der Waals surface area contributed by atoms with Gasteiger partial charge >= 0.3 is 5.97 Å². The summed E-state index contributed by atoms with van der Waals surface area (Å²) in [4.78, 5) is 35.1. The Morgan fingerprint density at radius 1 is 1.04 bits per heavy atom.